The Hall–Kier alpha value is -1.71. The van der Waals surface area contributed by atoms with Gasteiger partial charge in [0.25, 0.3) is 0 Å². The Labute approximate surface area is 120 Å². The monoisotopic (exact) mass is 272 g/mol. The highest BCUT2D eigenvalue weighted by molar-refractivity contribution is 5.31. The van der Waals surface area contributed by atoms with Crippen LogP contribution >= 0.6 is 0 Å². The van der Waals surface area contributed by atoms with Crippen LogP contribution in [0.3, 0.4) is 0 Å². The van der Waals surface area contributed by atoms with Crippen molar-refractivity contribution in [2.75, 3.05) is 14.1 Å². The van der Waals surface area contributed by atoms with Crippen LogP contribution in [0.5, 0.6) is 0 Å². The fourth-order valence-electron chi connectivity index (χ4n) is 2.78. The molecule has 0 aliphatic heterocycles. The van der Waals surface area contributed by atoms with Crippen LogP contribution in [0.2, 0.25) is 0 Å². The summed E-state index contributed by atoms with van der Waals surface area (Å²) >= 11 is 0. The number of benzene rings is 2. The van der Waals surface area contributed by atoms with Crippen LogP contribution in [0.15, 0.2) is 54.6 Å². The lowest BCUT2D eigenvalue weighted by molar-refractivity contribution is 0.191. The number of likely N-dealkylation sites (N-methyl/N-ethyl adjacent to an activating group) is 1. The Morgan fingerprint density at radius 3 is 2.05 bits per heavy atom. The second-order valence-corrected chi connectivity index (χ2v) is 5.57. The van der Waals surface area contributed by atoms with Crippen LogP contribution < -0.4 is 5.73 Å². The Balaban J connectivity index is 2.45. The molecule has 2 aromatic rings. The van der Waals surface area contributed by atoms with Crippen LogP contribution in [0, 0.1) is 5.82 Å². The molecule has 106 valence electrons. The van der Waals surface area contributed by atoms with Crippen molar-refractivity contribution in [3.8, 4) is 0 Å². The maximum atomic E-state index is 13.1. The summed E-state index contributed by atoms with van der Waals surface area (Å²) in [5, 5.41) is 0. The SMILES string of the molecule is CN(C)C(c1ccccc1)C(C)(N)c1ccc(F)cc1. The van der Waals surface area contributed by atoms with Crippen LogP contribution in [0.25, 0.3) is 0 Å². The molecule has 0 aliphatic rings. The first-order chi connectivity index (χ1) is 9.43. The molecular formula is C17H21FN2. The Kier molecular flexibility index (Phi) is 4.21. The molecule has 2 atom stereocenters. The second-order valence-electron chi connectivity index (χ2n) is 5.57. The van der Waals surface area contributed by atoms with E-state index in [1.807, 2.05) is 39.2 Å². The maximum Gasteiger partial charge on any atom is 0.123 e. The fraction of sp³-hybridized carbons (Fsp3) is 0.294. The van der Waals surface area contributed by atoms with E-state index in [0.29, 0.717) is 0 Å². The van der Waals surface area contributed by atoms with E-state index in [2.05, 4.69) is 17.0 Å². The summed E-state index contributed by atoms with van der Waals surface area (Å²) in [6, 6.07) is 16.6. The zero-order chi connectivity index (χ0) is 14.8. The van der Waals surface area contributed by atoms with Gasteiger partial charge in [0.15, 0.2) is 0 Å². The molecule has 0 fully saturated rings. The van der Waals surface area contributed by atoms with Gasteiger partial charge in [-0.05, 0) is 44.3 Å². The van der Waals surface area contributed by atoms with Crippen molar-refractivity contribution in [2.24, 2.45) is 5.73 Å². The van der Waals surface area contributed by atoms with Crippen molar-refractivity contribution in [1.29, 1.82) is 0 Å². The number of nitrogens with two attached hydrogens (primary N) is 1. The second kappa shape index (κ2) is 5.73. The van der Waals surface area contributed by atoms with Crippen LogP contribution in [0.4, 0.5) is 4.39 Å². The first kappa shape index (κ1) is 14.7. The molecule has 0 heterocycles. The third-order valence-corrected chi connectivity index (χ3v) is 3.67. The van der Waals surface area contributed by atoms with E-state index < -0.39 is 5.54 Å². The molecule has 0 amide bonds. The molecule has 0 bridgehead atoms. The standard InChI is InChI=1S/C17H21FN2/c1-17(19,14-9-11-15(18)12-10-14)16(20(2)3)13-7-5-4-6-8-13/h4-12,16H,19H2,1-3H3. The molecule has 0 spiro atoms. The number of rotatable bonds is 4. The van der Waals surface area contributed by atoms with Gasteiger partial charge in [0.1, 0.15) is 5.82 Å². The van der Waals surface area contributed by atoms with E-state index in [1.165, 1.54) is 12.1 Å². The molecule has 0 aliphatic carbocycles. The summed E-state index contributed by atoms with van der Waals surface area (Å²) in [4.78, 5) is 2.10. The number of halogens is 1. The van der Waals surface area contributed by atoms with Crippen molar-refractivity contribution in [3.05, 3.63) is 71.5 Å². The van der Waals surface area contributed by atoms with Gasteiger partial charge < -0.3 is 10.6 Å². The van der Waals surface area contributed by atoms with Crippen molar-refractivity contribution in [2.45, 2.75) is 18.5 Å². The lowest BCUT2D eigenvalue weighted by Gasteiger charge is -2.39. The minimum atomic E-state index is -0.613. The lowest BCUT2D eigenvalue weighted by atomic mass is 9.81. The average molecular weight is 272 g/mol. The maximum absolute atomic E-state index is 13.1. The third-order valence-electron chi connectivity index (χ3n) is 3.67. The lowest BCUT2D eigenvalue weighted by Crippen LogP contribution is -2.46. The van der Waals surface area contributed by atoms with E-state index in [-0.39, 0.29) is 11.9 Å². The zero-order valence-electron chi connectivity index (χ0n) is 12.2. The average Bonchev–Trinajstić information content (AvgIpc) is 2.39. The predicted molar refractivity (Wildman–Crippen MR) is 80.8 cm³/mol. The smallest absolute Gasteiger partial charge is 0.123 e. The highest BCUT2D eigenvalue weighted by Gasteiger charge is 2.34. The Morgan fingerprint density at radius 2 is 1.55 bits per heavy atom. The summed E-state index contributed by atoms with van der Waals surface area (Å²) in [5.41, 5.74) is 8.05. The molecular weight excluding hydrogens is 251 g/mol. The minimum Gasteiger partial charge on any atom is -0.320 e. The molecule has 2 nitrogen and oxygen atoms in total. The van der Waals surface area contributed by atoms with Gasteiger partial charge in [0, 0.05) is 0 Å². The summed E-state index contributed by atoms with van der Waals surface area (Å²) in [6.07, 6.45) is 0. The number of nitrogens with zero attached hydrogens (tertiary/aromatic N) is 1. The van der Waals surface area contributed by atoms with Gasteiger partial charge in [-0.15, -0.1) is 0 Å². The van der Waals surface area contributed by atoms with Gasteiger partial charge in [0.2, 0.25) is 0 Å². The summed E-state index contributed by atoms with van der Waals surface area (Å²) in [6.45, 7) is 1.98. The van der Waals surface area contributed by atoms with Crippen molar-refractivity contribution >= 4 is 0 Å². The van der Waals surface area contributed by atoms with Crippen molar-refractivity contribution in [1.82, 2.24) is 4.90 Å². The molecule has 0 saturated carbocycles. The fourth-order valence-corrected chi connectivity index (χ4v) is 2.78. The zero-order valence-corrected chi connectivity index (χ0v) is 12.2. The normalized spacial score (nSPS) is 15.9. The largest absolute Gasteiger partial charge is 0.320 e. The van der Waals surface area contributed by atoms with Gasteiger partial charge in [-0.25, -0.2) is 4.39 Å². The van der Waals surface area contributed by atoms with Crippen molar-refractivity contribution in [3.63, 3.8) is 0 Å². The summed E-state index contributed by atoms with van der Waals surface area (Å²) in [5.74, 6) is -0.245. The molecule has 2 N–H and O–H groups in total. The molecule has 2 aromatic carbocycles. The van der Waals surface area contributed by atoms with E-state index in [9.17, 15) is 4.39 Å². The topological polar surface area (TPSA) is 29.3 Å². The summed E-state index contributed by atoms with van der Waals surface area (Å²) in [7, 11) is 4.01. The predicted octanol–water partition coefficient (Wildman–Crippen LogP) is 3.30. The first-order valence-electron chi connectivity index (χ1n) is 6.69. The van der Waals surface area contributed by atoms with Crippen LogP contribution in [0.1, 0.15) is 24.1 Å². The number of hydrogen-bond acceptors (Lipinski definition) is 2. The van der Waals surface area contributed by atoms with E-state index in [0.717, 1.165) is 11.1 Å². The minimum absolute atomic E-state index is 0.00848. The van der Waals surface area contributed by atoms with Gasteiger partial charge in [0.05, 0.1) is 11.6 Å². The van der Waals surface area contributed by atoms with Gasteiger partial charge in [-0.3, -0.25) is 0 Å². The van der Waals surface area contributed by atoms with Crippen LogP contribution in [-0.4, -0.2) is 19.0 Å². The quantitative estimate of drug-likeness (QED) is 0.925. The third kappa shape index (κ3) is 2.89. The van der Waals surface area contributed by atoms with E-state index in [1.54, 1.807) is 12.1 Å². The first-order valence-corrected chi connectivity index (χ1v) is 6.69. The highest BCUT2D eigenvalue weighted by atomic mass is 19.1. The Bertz CT molecular complexity index is 547. The van der Waals surface area contributed by atoms with Crippen molar-refractivity contribution < 1.29 is 4.39 Å². The van der Waals surface area contributed by atoms with Gasteiger partial charge in [-0.2, -0.15) is 0 Å². The van der Waals surface area contributed by atoms with Gasteiger partial charge >= 0.3 is 0 Å². The Morgan fingerprint density at radius 1 is 1.00 bits per heavy atom. The molecule has 0 aromatic heterocycles. The molecule has 2 rings (SSSR count). The molecule has 0 radical (unpaired) electrons. The molecule has 2 unspecified atom stereocenters. The van der Waals surface area contributed by atoms with Gasteiger partial charge in [-0.1, -0.05) is 42.5 Å². The summed E-state index contributed by atoms with van der Waals surface area (Å²) < 4.78 is 13.1. The number of hydrogen-bond donors (Lipinski definition) is 1. The molecule has 20 heavy (non-hydrogen) atoms. The highest BCUT2D eigenvalue weighted by Crippen LogP contribution is 2.35. The van der Waals surface area contributed by atoms with E-state index in [4.69, 9.17) is 5.73 Å². The van der Waals surface area contributed by atoms with E-state index >= 15 is 0 Å². The molecule has 3 heteroatoms. The molecule has 0 saturated heterocycles. The van der Waals surface area contributed by atoms with Crippen LogP contribution in [-0.2, 0) is 5.54 Å².